The summed E-state index contributed by atoms with van der Waals surface area (Å²) in [6, 6.07) is 12.1. The molecule has 0 aliphatic carbocycles. The molecule has 6 nitrogen and oxygen atoms in total. The van der Waals surface area contributed by atoms with Gasteiger partial charge >= 0.3 is 0 Å². The number of hydrogen-bond acceptors (Lipinski definition) is 5. The zero-order chi connectivity index (χ0) is 28.1. The fourth-order valence-corrected chi connectivity index (χ4v) is 6.75. The molecule has 2 rings (SSSR count). The number of nitrogens with one attached hydrogen (secondary N) is 2. The van der Waals surface area contributed by atoms with Crippen molar-refractivity contribution in [1.82, 2.24) is 10.6 Å². The number of hydrogen-bond donors (Lipinski definition) is 3. The first-order valence-corrected chi connectivity index (χ1v) is 15.5. The predicted molar refractivity (Wildman–Crippen MR) is 152 cm³/mol. The fraction of sp³-hybridized carbons (Fsp3) is 0.567. The van der Waals surface area contributed by atoms with E-state index in [-0.39, 0.29) is 31.0 Å². The molecule has 3 N–H and O–H groups in total. The second-order valence-electron chi connectivity index (χ2n) is 10.2. The van der Waals surface area contributed by atoms with E-state index in [1.54, 1.807) is 6.92 Å². The summed E-state index contributed by atoms with van der Waals surface area (Å²) in [4.78, 5) is 12.9. The van der Waals surface area contributed by atoms with Crippen LogP contribution in [0.15, 0.2) is 42.5 Å². The van der Waals surface area contributed by atoms with Gasteiger partial charge in [0, 0.05) is 19.5 Å². The lowest BCUT2D eigenvalue weighted by Gasteiger charge is -2.25. The molecule has 0 aliphatic heterocycles. The third-order valence-electron chi connectivity index (χ3n) is 6.79. The summed E-state index contributed by atoms with van der Waals surface area (Å²) in [6.07, 6.45) is 2.75. The first-order valence-electron chi connectivity index (χ1n) is 13.8. The molecule has 0 saturated carbocycles. The van der Waals surface area contributed by atoms with Gasteiger partial charge in [0.2, 0.25) is 5.91 Å². The smallest absolute Gasteiger partial charge is 0.221 e. The highest BCUT2D eigenvalue weighted by molar-refractivity contribution is 7.92. The van der Waals surface area contributed by atoms with Gasteiger partial charge in [-0.1, -0.05) is 63.9 Å². The minimum atomic E-state index is -3.40. The van der Waals surface area contributed by atoms with Crippen LogP contribution in [0.5, 0.6) is 0 Å². The molecule has 0 aromatic heterocycles. The van der Waals surface area contributed by atoms with E-state index in [0.29, 0.717) is 24.9 Å². The third-order valence-corrected chi connectivity index (χ3v) is 9.05. The van der Waals surface area contributed by atoms with Gasteiger partial charge in [0.1, 0.15) is 5.82 Å². The molecule has 0 spiro atoms. The van der Waals surface area contributed by atoms with Crippen molar-refractivity contribution in [2.24, 2.45) is 0 Å². The van der Waals surface area contributed by atoms with Crippen LogP contribution >= 0.6 is 0 Å². The predicted octanol–water partition coefficient (Wildman–Crippen LogP) is 4.65. The number of halogens is 1. The molecule has 38 heavy (non-hydrogen) atoms. The Morgan fingerprint density at radius 2 is 1.68 bits per heavy atom. The molecule has 0 heterocycles. The second-order valence-corrected chi connectivity index (χ2v) is 12.6. The number of carbonyl (C=O) groups is 1. The van der Waals surface area contributed by atoms with E-state index < -0.39 is 33.1 Å². The molecule has 0 aliphatic rings. The van der Waals surface area contributed by atoms with Crippen molar-refractivity contribution < 1.29 is 22.7 Å². The highest BCUT2D eigenvalue weighted by Crippen LogP contribution is 2.17. The number of rotatable bonds is 17. The van der Waals surface area contributed by atoms with Crippen LogP contribution < -0.4 is 10.6 Å². The van der Waals surface area contributed by atoms with E-state index in [0.717, 1.165) is 30.4 Å². The van der Waals surface area contributed by atoms with Gasteiger partial charge < -0.3 is 15.7 Å². The molecule has 212 valence electrons. The Balaban J connectivity index is 2.07. The van der Waals surface area contributed by atoms with Gasteiger partial charge in [-0.25, -0.2) is 12.8 Å². The monoisotopic (exact) mass is 548 g/mol. The minimum absolute atomic E-state index is 0.172. The normalized spacial score (nSPS) is 13.4. The van der Waals surface area contributed by atoms with Crippen LogP contribution in [-0.4, -0.2) is 49.1 Å². The Kier molecular flexibility index (Phi) is 13.4. The first-order chi connectivity index (χ1) is 18.1. The molecule has 0 bridgehead atoms. The van der Waals surface area contributed by atoms with E-state index in [2.05, 4.69) is 29.7 Å². The summed E-state index contributed by atoms with van der Waals surface area (Å²) in [5, 5.41) is 16.6. The topological polar surface area (TPSA) is 95.5 Å². The fourth-order valence-electron chi connectivity index (χ4n) is 4.76. The first kappa shape index (κ1) is 31.9. The maximum Gasteiger partial charge on any atom is 0.221 e. The summed E-state index contributed by atoms with van der Waals surface area (Å²) in [5.41, 5.74) is 3.72. The highest BCUT2D eigenvalue weighted by atomic mass is 32.2. The lowest BCUT2D eigenvalue weighted by molar-refractivity contribution is -0.122. The standard InChI is InChI=1S/C30H45FN2O4S/c1-5-9-27(10-6-2)38(36,37)14-13-30(35)33-28(19-25-15-22(4)16-26(31)18-25)29(34)21-32-20-24-12-8-11-23(7-3)17-24/h8,11-12,15-18,27-29,32,34H,5-7,9-10,13-14,19-21H2,1-4H3,(H,33,35)/t28-,29+/m0/s1. The van der Waals surface area contributed by atoms with Crippen molar-refractivity contribution in [1.29, 1.82) is 0 Å². The highest BCUT2D eigenvalue weighted by Gasteiger charge is 2.27. The van der Waals surface area contributed by atoms with E-state index in [9.17, 15) is 22.7 Å². The van der Waals surface area contributed by atoms with Gasteiger partial charge in [0.15, 0.2) is 9.84 Å². The molecule has 2 aromatic carbocycles. The van der Waals surface area contributed by atoms with Crippen LogP contribution in [-0.2, 0) is 34.0 Å². The van der Waals surface area contributed by atoms with Crippen molar-refractivity contribution in [3.05, 3.63) is 70.5 Å². The van der Waals surface area contributed by atoms with Crippen LogP contribution in [0.4, 0.5) is 4.39 Å². The summed E-state index contributed by atoms with van der Waals surface area (Å²) in [6.45, 7) is 8.56. The van der Waals surface area contributed by atoms with Crippen LogP contribution in [0, 0.1) is 12.7 Å². The summed E-state index contributed by atoms with van der Waals surface area (Å²) in [7, 11) is -3.40. The average molecular weight is 549 g/mol. The number of aliphatic hydroxyl groups excluding tert-OH is 1. The van der Waals surface area contributed by atoms with E-state index >= 15 is 0 Å². The zero-order valence-corrected chi connectivity index (χ0v) is 24.1. The quantitative estimate of drug-likeness (QED) is 0.268. The lowest BCUT2D eigenvalue weighted by atomic mass is 9.99. The van der Waals surface area contributed by atoms with Gasteiger partial charge in [-0.3, -0.25) is 4.79 Å². The summed E-state index contributed by atoms with van der Waals surface area (Å²) < 4.78 is 39.7. The Hall–Kier alpha value is -2.29. The number of aryl methyl sites for hydroxylation is 2. The van der Waals surface area contributed by atoms with Gasteiger partial charge in [0.05, 0.1) is 23.1 Å². The average Bonchev–Trinajstić information content (AvgIpc) is 2.86. The van der Waals surface area contributed by atoms with Crippen molar-refractivity contribution >= 4 is 15.7 Å². The van der Waals surface area contributed by atoms with Crippen molar-refractivity contribution in [3.8, 4) is 0 Å². The summed E-state index contributed by atoms with van der Waals surface area (Å²) >= 11 is 0. The molecule has 2 atom stereocenters. The number of carbonyl (C=O) groups excluding carboxylic acids is 1. The largest absolute Gasteiger partial charge is 0.390 e. The molecule has 0 saturated heterocycles. The lowest BCUT2D eigenvalue weighted by Crippen LogP contribution is -2.49. The molecule has 0 unspecified atom stereocenters. The third kappa shape index (κ3) is 10.8. The summed E-state index contributed by atoms with van der Waals surface area (Å²) in [5.74, 6) is -1.04. The molecular formula is C30H45FN2O4S. The zero-order valence-electron chi connectivity index (χ0n) is 23.3. The Morgan fingerprint density at radius 3 is 2.32 bits per heavy atom. The van der Waals surface area contributed by atoms with Crippen LogP contribution in [0.2, 0.25) is 0 Å². The van der Waals surface area contributed by atoms with Gasteiger partial charge in [-0.15, -0.1) is 0 Å². The van der Waals surface area contributed by atoms with Crippen LogP contribution in [0.1, 0.15) is 75.1 Å². The maximum absolute atomic E-state index is 14.0. The Morgan fingerprint density at radius 1 is 1.00 bits per heavy atom. The van der Waals surface area contributed by atoms with E-state index in [4.69, 9.17) is 0 Å². The van der Waals surface area contributed by atoms with Crippen molar-refractivity contribution in [2.75, 3.05) is 12.3 Å². The minimum Gasteiger partial charge on any atom is -0.390 e. The number of benzene rings is 2. The van der Waals surface area contributed by atoms with Gasteiger partial charge in [-0.2, -0.15) is 0 Å². The maximum atomic E-state index is 14.0. The second kappa shape index (κ2) is 16.0. The van der Waals surface area contributed by atoms with Gasteiger partial charge in [0.25, 0.3) is 0 Å². The molecule has 0 radical (unpaired) electrons. The van der Waals surface area contributed by atoms with Crippen LogP contribution in [0.3, 0.4) is 0 Å². The van der Waals surface area contributed by atoms with E-state index in [1.807, 2.05) is 32.0 Å². The molecule has 8 heteroatoms. The van der Waals surface area contributed by atoms with Crippen molar-refractivity contribution in [2.45, 2.75) is 96.6 Å². The van der Waals surface area contributed by atoms with Crippen LogP contribution in [0.25, 0.3) is 0 Å². The number of amides is 1. The molecule has 1 amide bonds. The van der Waals surface area contributed by atoms with E-state index in [1.165, 1.54) is 17.7 Å². The Labute approximate surface area is 228 Å². The number of aliphatic hydroxyl groups is 1. The molecule has 2 aromatic rings. The Bertz CT molecular complexity index is 1100. The SMILES string of the molecule is CCCC(CCC)S(=O)(=O)CCC(=O)N[C@@H](Cc1cc(C)cc(F)c1)[C@H](O)CNCc1cccc(CC)c1. The van der Waals surface area contributed by atoms with Gasteiger partial charge in [-0.05, 0) is 67.0 Å². The number of sulfone groups is 1. The molecule has 0 fully saturated rings. The van der Waals surface area contributed by atoms with Crippen molar-refractivity contribution in [3.63, 3.8) is 0 Å². The molecular weight excluding hydrogens is 503 g/mol.